The Kier molecular flexibility index (Phi) is 5.42. The highest BCUT2D eigenvalue weighted by atomic mass is 32.1. The van der Waals surface area contributed by atoms with Crippen LogP contribution in [0.15, 0.2) is 35.0 Å². The summed E-state index contributed by atoms with van der Waals surface area (Å²) in [7, 11) is 0. The average Bonchev–Trinajstić information content (AvgIpc) is 3.35. The molecule has 0 unspecified atom stereocenters. The lowest BCUT2D eigenvalue weighted by atomic mass is 10.3. The molecule has 3 heterocycles. The molecule has 142 valence electrons. The number of halogens is 1. The Bertz CT molecular complexity index is 909. The van der Waals surface area contributed by atoms with Gasteiger partial charge in [-0.3, -0.25) is 14.6 Å². The highest BCUT2D eigenvalue weighted by Gasteiger charge is 2.24. The fourth-order valence-corrected chi connectivity index (χ4v) is 4.04. The Hall–Kier alpha value is -2.36. The number of ether oxygens (including phenoxy) is 1. The van der Waals surface area contributed by atoms with Crippen molar-refractivity contribution in [1.82, 2.24) is 15.0 Å². The van der Waals surface area contributed by atoms with E-state index in [0.29, 0.717) is 21.9 Å². The molecule has 4 rings (SSSR count). The minimum Gasteiger partial charge on any atom is -0.379 e. The van der Waals surface area contributed by atoms with Gasteiger partial charge in [-0.15, -0.1) is 0 Å². The molecule has 1 amide bonds. The Balaban J connectivity index is 1.53. The summed E-state index contributed by atoms with van der Waals surface area (Å²) in [6.07, 6.45) is 2.22. The predicted molar refractivity (Wildman–Crippen MR) is 99.6 cm³/mol. The van der Waals surface area contributed by atoms with Gasteiger partial charge in [-0.05, 0) is 24.6 Å². The lowest BCUT2D eigenvalue weighted by molar-refractivity contribution is 0.0376. The van der Waals surface area contributed by atoms with Gasteiger partial charge >= 0.3 is 0 Å². The molecule has 1 aliphatic rings. The van der Waals surface area contributed by atoms with E-state index in [2.05, 4.69) is 15.0 Å². The third-order valence-electron chi connectivity index (χ3n) is 4.42. The highest BCUT2D eigenvalue weighted by molar-refractivity contribution is 7.22. The number of thiazole rings is 1. The fraction of sp³-hybridized carbons (Fsp3) is 0.389. The Morgan fingerprint density at radius 1 is 1.30 bits per heavy atom. The molecular weight excluding hydrogens is 371 g/mol. The van der Waals surface area contributed by atoms with Crippen LogP contribution < -0.4 is 4.90 Å². The van der Waals surface area contributed by atoms with Crippen LogP contribution in [0, 0.1) is 5.82 Å². The zero-order chi connectivity index (χ0) is 18.6. The lowest BCUT2D eigenvalue weighted by Crippen LogP contribution is -2.39. The summed E-state index contributed by atoms with van der Waals surface area (Å²) in [6.45, 7) is 4.63. The molecule has 1 aliphatic heterocycles. The lowest BCUT2D eigenvalue weighted by Gasteiger charge is -2.27. The van der Waals surface area contributed by atoms with E-state index < -0.39 is 0 Å². The first kappa shape index (κ1) is 18.0. The molecule has 0 radical (unpaired) electrons. The van der Waals surface area contributed by atoms with E-state index >= 15 is 0 Å². The van der Waals surface area contributed by atoms with E-state index in [1.54, 1.807) is 11.0 Å². The number of aromatic nitrogens is 2. The van der Waals surface area contributed by atoms with Crippen molar-refractivity contribution in [3.63, 3.8) is 0 Å². The number of morpholine rings is 1. The number of amides is 1. The van der Waals surface area contributed by atoms with Crippen LogP contribution in [0.1, 0.15) is 17.0 Å². The number of rotatable bonds is 6. The van der Waals surface area contributed by atoms with Gasteiger partial charge in [0.2, 0.25) is 5.76 Å². The smallest absolute Gasteiger partial charge is 0.298 e. The van der Waals surface area contributed by atoms with Crippen LogP contribution in [-0.4, -0.2) is 60.3 Å². The molecule has 1 saturated heterocycles. The Morgan fingerprint density at radius 2 is 2.15 bits per heavy atom. The van der Waals surface area contributed by atoms with E-state index in [0.717, 1.165) is 39.3 Å². The van der Waals surface area contributed by atoms with Crippen molar-refractivity contribution in [3.05, 3.63) is 42.0 Å². The summed E-state index contributed by atoms with van der Waals surface area (Å²) in [6, 6.07) is 5.95. The van der Waals surface area contributed by atoms with Crippen LogP contribution in [0.25, 0.3) is 10.2 Å². The maximum Gasteiger partial charge on any atom is 0.298 e. The van der Waals surface area contributed by atoms with Crippen LogP contribution in [0.4, 0.5) is 9.52 Å². The molecule has 1 aromatic carbocycles. The number of anilines is 1. The van der Waals surface area contributed by atoms with Crippen molar-refractivity contribution in [2.75, 3.05) is 44.3 Å². The molecule has 2 aromatic heterocycles. The summed E-state index contributed by atoms with van der Waals surface area (Å²) in [5.74, 6) is -0.459. The molecular formula is C18H19FN4O3S. The predicted octanol–water partition coefficient (Wildman–Crippen LogP) is 2.79. The number of fused-ring (bicyclic) bond motifs is 1. The third kappa shape index (κ3) is 4.15. The molecule has 0 bridgehead atoms. The molecule has 1 fully saturated rings. The molecule has 0 spiro atoms. The minimum absolute atomic E-state index is 0.159. The normalized spacial score (nSPS) is 15.3. The molecule has 0 aliphatic carbocycles. The van der Waals surface area contributed by atoms with Crippen molar-refractivity contribution in [3.8, 4) is 0 Å². The zero-order valence-electron chi connectivity index (χ0n) is 14.6. The van der Waals surface area contributed by atoms with Crippen molar-refractivity contribution in [1.29, 1.82) is 0 Å². The Morgan fingerprint density at radius 3 is 2.93 bits per heavy atom. The average molecular weight is 390 g/mol. The number of hydrogen-bond acceptors (Lipinski definition) is 7. The molecule has 0 atom stereocenters. The van der Waals surface area contributed by atoms with Gasteiger partial charge in [-0.25, -0.2) is 9.37 Å². The SMILES string of the molecule is O=C(c1ccno1)N(CCCN1CCOCC1)c1nc2ccc(F)cc2s1. The molecule has 0 N–H and O–H groups in total. The van der Waals surface area contributed by atoms with Gasteiger partial charge in [0.1, 0.15) is 5.82 Å². The van der Waals surface area contributed by atoms with Gasteiger partial charge in [-0.1, -0.05) is 16.5 Å². The first-order chi connectivity index (χ1) is 13.2. The number of benzene rings is 1. The van der Waals surface area contributed by atoms with Crippen molar-refractivity contribution < 1.29 is 18.4 Å². The van der Waals surface area contributed by atoms with Crippen LogP contribution in [0.2, 0.25) is 0 Å². The molecule has 7 nitrogen and oxygen atoms in total. The molecule has 0 saturated carbocycles. The van der Waals surface area contributed by atoms with Gasteiger partial charge in [-0.2, -0.15) is 0 Å². The zero-order valence-corrected chi connectivity index (χ0v) is 15.5. The summed E-state index contributed by atoms with van der Waals surface area (Å²) >= 11 is 1.29. The summed E-state index contributed by atoms with van der Waals surface area (Å²) in [4.78, 5) is 21.3. The second-order valence-corrected chi connectivity index (χ2v) is 7.26. The highest BCUT2D eigenvalue weighted by Crippen LogP contribution is 2.30. The number of carbonyl (C=O) groups excluding carboxylic acids is 1. The fourth-order valence-electron chi connectivity index (χ4n) is 3.02. The van der Waals surface area contributed by atoms with Gasteiger partial charge in [0, 0.05) is 32.2 Å². The van der Waals surface area contributed by atoms with E-state index in [9.17, 15) is 9.18 Å². The first-order valence-electron chi connectivity index (χ1n) is 8.79. The number of nitrogens with zero attached hydrogens (tertiary/aromatic N) is 4. The molecule has 3 aromatic rings. The second-order valence-electron chi connectivity index (χ2n) is 6.25. The van der Waals surface area contributed by atoms with Gasteiger partial charge in [0.05, 0.1) is 29.6 Å². The monoisotopic (exact) mass is 390 g/mol. The van der Waals surface area contributed by atoms with Crippen LogP contribution in [0.3, 0.4) is 0 Å². The maximum atomic E-state index is 13.5. The summed E-state index contributed by atoms with van der Waals surface area (Å²) in [5.41, 5.74) is 0.667. The Labute approximate surface area is 159 Å². The van der Waals surface area contributed by atoms with E-state index in [-0.39, 0.29) is 17.5 Å². The summed E-state index contributed by atoms with van der Waals surface area (Å²) in [5, 5.41) is 4.14. The van der Waals surface area contributed by atoms with E-state index in [1.807, 2.05) is 0 Å². The first-order valence-corrected chi connectivity index (χ1v) is 9.61. The maximum absolute atomic E-state index is 13.5. The van der Waals surface area contributed by atoms with Gasteiger partial charge in [0.15, 0.2) is 5.13 Å². The van der Waals surface area contributed by atoms with Gasteiger partial charge in [0.25, 0.3) is 5.91 Å². The topological polar surface area (TPSA) is 71.7 Å². The van der Waals surface area contributed by atoms with E-state index in [1.165, 1.54) is 35.7 Å². The van der Waals surface area contributed by atoms with E-state index in [4.69, 9.17) is 9.26 Å². The molecule has 9 heteroatoms. The van der Waals surface area contributed by atoms with Gasteiger partial charge < -0.3 is 9.26 Å². The quantitative estimate of drug-likeness (QED) is 0.645. The summed E-state index contributed by atoms with van der Waals surface area (Å²) < 4.78 is 24.6. The number of carbonyl (C=O) groups is 1. The molecule has 27 heavy (non-hydrogen) atoms. The van der Waals surface area contributed by atoms with Crippen molar-refractivity contribution in [2.45, 2.75) is 6.42 Å². The van der Waals surface area contributed by atoms with Crippen molar-refractivity contribution in [2.24, 2.45) is 0 Å². The van der Waals surface area contributed by atoms with Crippen molar-refractivity contribution >= 4 is 32.6 Å². The van der Waals surface area contributed by atoms with Crippen LogP contribution >= 0.6 is 11.3 Å². The number of hydrogen-bond donors (Lipinski definition) is 0. The second kappa shape index (κ2) is 8.12. The third-order valence-corrected chi connectivity index (χ3v) is 5.46. The minimum atomic E-state index is -0.321. The standard InChI is InChI=1S/C18H19FN4O3S/c19-13-2-3-14-16(12-13)27-18(21-14)23(17(24)15-4-5-20-26-15)7-1-6-22-8-10-25-11-9-22/h2-5,12H,1,6-11H2. The van der Waals surface area contributed by atoms with Crippen LogP contribution in [-0.2, 0) is 4.74 Å². The largest absolute Gasteiger partial charge is 0.379 e. The van der Waals surface area contributed by atoms with Crippen LogP contribution in [0.5, 0.6) is 0 Å².